The number of ether oxygens (including phenoxy) is 2. The van der Waals surface area contributed by atoms with E-state index in [4.69, 9.17) is 32.7 Å². The lowest BCUT2D eigenvalue weighted by Gasteiger charge is -2.28. The molecule has 0 aliphatic heterocycles. The van der Waals surface area contributed by atoms with Crippen LogP contribution in [0.25, 0.3) is 0 Å². The van der Waals surface area contributed by atoms with Crippen molar-refractivity contribution in [3.05, 3.63) is 54.6 Å². The lowest BCUT2D eigenvalue weighted by molar-refractivity contribution is -0.152. The van der Waals surface area contributed by atoms with Crippen molar-refractivity contribution in [2.24, 2.45) is 0 Å². The van der Waals surface area contributed by atoms with Crippen LogP contribution in [0.4, 0.5) is 0 Å². The van der Waals surface area contributed by atoms with Crippen LogP contribution in [0.1, 0.15) is 6.92 Å². The molecule has 0 amide bonds. The van der Waals surface area contributed by atoms with Gasteiger partial charge in [0.25, 0.3) is 0 Å². The summed E-state index contributed by atoms with van der Waals surface area (Å²) in [6.45, 7) is 1.30. The molecule has 116 valence electrons. The van der Waals surface area contributed by atoms with Crippen LogP contribution in [-0.2, 0) is 4.79 Å². The zero-order valence-electron chi connectivity index (χ0n) is 11.7. The van der Waals surface area contributed by atoms with Gasteiger partial charge in [-0.05, 0) is 31.2 Å². The monoisotopic (exact) mass is 340 g/mol. The predicted octanol–water partition coefficient (Wildman–Crippen LogP) is 4.50. The van der Waals surface area contributed by atoms with Crippen molar-refractivity contribution in [2.45, 2.75) is 17.4 Å². The number of benzene rings is 2. The number of para-hydroxylation sites is 3. The highest BCUT2D eigenvalue weighted by molar-refractivity contribution is 6.46. The zero-order valence-corrected chi connectivity index (χ0v) is 13.2. The summed E-state index contributed by atoms with van der Waals surface area (Å²) in [5.74, 6) is -0.0569. The first kappa shape index (κ1) is 16.5. The SMILES string of the molecule is CC(Oc1ccccc1Oc1ccccc1)(C(=O)O)C(Cl)Cl. The van der Waals surface area contributed by atoms with E-state index in [1.807, 2.05) is 18.2 Å². The second-order valence-electron chi connectivity index (χ2n) is 4.68. The third-order valence-electron chi connectivity index (χ3n) is 2.98. The van der Waals surface area contributed by atoms with Gasteiger partial charge >= 0.3 is 5.97 Å². The van der Waals surface area contributed by atoms with E-state index in [9.17, 15) is 9.90 Å². The quantitative estimate of drug-likeness (QED) is 0.786. The van der Waals surface area contributed by atoms with Gasteiger partial charge in [-0.2, -0.15) is 0 Å². The summed E-state index contributed by atoms with van der Waals surface area (Å²) in [5, 5.41) is 9.31. The summed E-state index contributed by atoms with van der Waals surface area (Å²) >= 11 is 11.5. The van der Waals surface area contributed by atoms with Crippen molar-refractivity contribution in [1.29, 1.82) is 0 Å². The van der Waals surface area contributed by atoms with Gasteiger partial charge in [0.05, 0.1) is 0 Å². The van der Waals surface area contributed by atoms with E-state index >= 15 is 0 Å². The van der Waals surface area contributed by atoms with Crippen molar-refractivity contribution in [3.8, 4) is 17.2 Å². The number of halogens is 2. The molecular formula is C16H14Cl2O4. The molecule has 0 bridgehead atoms. The molecule has 0 spiro atoms. The summed E-state index contributed by atoms with van der Waals surface area (Å²) in [6, 6.07) is 15.8. The van der Waals surface area contributed by atoms with Gasteiger partial charge in [0.15, 0.2) is 16.3 Å². The first-order valence-corrected chi connectivity index (χ1v) is 7.33. The van der Waals surface area contributed by atoms with Crippen molar-refractivity contribution in [1.82, 2.24) is 0 Å². The minimum Gasteiger partial charge on any atom is -0.478 e. The van der Waals surface area contributed by atoms with Gasteiger partial charge in [0.1, 0.15) is 5.75 Å². The molecule has 4 nitrogen and oxygen atoms in total. The lowest BCUT2D eigenvalue weighted by atomic mass is 10.1. The fourth-order valence-corrected chi connectivity index (χ4v) is 1.92. The third-order valence-corrected chi connectivity index (χ3v) is 3.82. The molecule has 0 heterocycles. The highest BCUT2D eigenvalue weighted by atomic mass is 35.5. The number of carbonyl (C=O) groups is 1. The van der Waals surface area contributed by atoms with E-state index in [0.29, 0.717) is 11.5 Å². The van der Waals surface area contributed by atoms with E-state index in [0.717, 1.165) is 0 Å². The molecule has 1 atom stereocenters. The Balaban J connectivity index is 2.30. The maximum atomic E-state index is 11.4. The molecule has 0 saturated carbocycles. The number of alkyl halides is 2. The molecule has 2 rings (SSSR count). The van der Waals surface area contributed by atoms with Crippen LogP contribution >= 0.6 is 23.2 Å². The smallest absolute Gasteiger partial charge is 0.350 e. The summed E-state index contributed by atoms with van der Waals surface area (Å²) in [4.78, 5) is 10.1. The van der Waals surface area contributed by atoms with Gasteiger partial charge in [-0.15, -0.1) is 23.2 Å². The van der Waals surface area contributed by atoms with E-state index in [1.54, 1.807) is 36.4 Å². The Morgan fingerprint density at radius 3 is 2.14 bits per heavy atom. The van der Waals surface area contributed by atoms with Crippen LogP contribution in [0, 0.1) is 0 Å². The fourth-order valence-electron chi connectivity index (χ4n) is 1.64. The molecule has 22 heavy (non-hydrogen) atoms. The van der Waals surface area contributed by atoms with Gasteiger partial charge in [0, 0.05) is 0 Å². The molecule has 2 aromatic carbocycles. The van der Waals surface area contributed by atoms with E-state index in [-0.39, 0.29) is 5.75 Å². The number of rotatable bonds is 6. The van der Waals surface area contributed by atoms with Gasteiger partial charge in [-0.25, -0.2) is 4.79 Å². The normalized spacial score (nSPS) is 13.5. The van der Waals surface area contributed by atoms with Crippen LogP contribution in [-0.4, -0.2) is 21.5 Å². The summed E-state index contributed by atoms with van der Waals surface area (Å²) in [7, 11) is 0. The highest BCUT2D eigenvalue weighted by Gasteiger charge is 2.43. The molecule has 0 fully saturated rings. The Kier molecular flexibility index (Phi) is 5.16. The van der Waals surface area contributed by atoms with Crippen molar-refractivity contribution in [2.75, 3.05) is 0 Å². The van der Waals surface area contributed by atoms with Crippen molar-refractivity contribution >= 4 is 29.2 Å². The second kappa shape index (κ2) is 6.90. The standard InChI is InChI=1S/C16H14Cl2O4/c1-16(14(17)18,15(19)20)22-13-10-6-5-9-12(13)21-11-7-3-2-4-8-11/h2-10,14H,1H3,(H,19,20). The fraction of sp³-hybridized carbons (Fsp3) is 0.188. The maximum absolute atomic E-state index is 11.4. The Morgan fingerprint density at radius 1 is 1.05 bits per heavy atom. The highest BCUT2D eigenvalue weighted by Crippen LogP contribution is 2.36. The second-order valence-corrected chi connectivity index (χ2v) is 5.77. The van der Waals surface area contributed by atoms with Crippen LogP contribution in [0.3, 0.4) is 0 Å². The number of hydrogen-bond acceptors (Lipinski definition) is 3. The minimum atomic E-state index is -1.79. The van der Waals surface area contributed by atoms with Gasteiger partial charge in [-0.1, -0.05) is 30.3 Å². The zero-order chi connectivity index (χ0) is 16.2. The Labute approximate surface area is 138 Å². The van der Waals surface area contributed by atoms with Gasteiger partial charge in [0.2, 0.25) is 5.60 Å². The topological polar surface area (TPSA) is 55.8 Å². The Morgan fingerprint density at radius 2 is 1.59 bits per heavy atom. The molecule has 1 N–H and O–H groups in total. The predicted molar refractivity (Wildman–Crippen MR) is 85.1 cm³/mol. The lowest BCUT2D eigenvalue weighted by Crippen LogP contribution is -2.47. The summed E-state index contributed by atoms with van der Waals surface area (Å²) in [6.07, 6.45) is 0. The van der Waals surface area contributed by atoms with Gasteiger partial charge < -0.3 is 14.6 Å². The molecular weight excluding hydrogens is 327 g/mol. The van der Waals surface area contributed by atoms with Crippen molar-refractivity contribution in [3.63, 3.8) is 0 Å². The molecule has 0 radical (unpaired) electrons. The van der Waals surface area contributed by atoms with Gasteiger partial charge in [-0.3, -0.25) is 0 Å². The average Bonchev–Trinajstić information content (AvgIpc) is 2.49. The number of aliphatic carboxylic acids is 1. The summed E-state index contributed by atoms with van der Waals surface area (Å²) in [5.41, 5.74) is -1.79. The molecule has 0 aliphatic rings. The number of carboxylic acids is 1. The Hall–Kier alpha value is -1.91. The maximum Gasteiger partial charge on any atom is 0.350 e. The van der Waals surface area contributed by atoms with E-state index < -0.39 is 16.4 Å². The average molecular weight is 341 g/mol. The van der Waals surface area contributed by atoms with E-state index in [1.165, 1.54) is 6.92 Å². The van der Waals surface area contributed by atoms with Crippen molar-refractivity contribution < 1.29 is 19.4 Å². The Bertz CT molecular complexity index is 646. The molecule has 2 aromatic rings. The molecule has 0 aromatic heterocycles. The molecule has 1 unspecified atom stereocenters. The minimum absolute atomic E-state index is 0.238. The van der Waals surface area contributed by atoms with Crippen LogP contribution in [0.5, 0.6) is 17.2 Å². The van der Waals surface area contributed by atoms with Crippen LogP contribution in [0.2, 0.25) is 0 Å². The first-order chi connectivity index (χ1) is 10.4. The molecule has 0 saturated heterocycles. The number of carboxylic acid groups (broad SMARTS) is 1. The largest absolute Gasteiger partial charge is 0.478 e. The number of hydrogen-bond donors (Lipinski definition) is 1. The third kappa shape index (κ3) is 3.64. The molecule has 0 aliphatic carbocycles. The first-order valence-electron chi connectivity index (χ1n) is 6.46. The van der Waals surface area contributed by atoms with Crippen LogP contribution in [0.15, 0.2) is 54.6 Å². The molecule has 6 heteroatoms. The summed E-state index contributed by atoms with van der Waals surface area (Å²) < 4.78 is 11.3. The van der Waals surface area contributed by atoms with E-state index in [2.05, 4.69) is 0 Å². The van der Waals surface area contributed by atoms with Crippen LogP contribution < -0.4 is 9.47 Å².